The lowest BCUT2D eigenvalue weighted by Gasteiger charge is -2.09. The van der Waals surface area contributed by atoms with Gasteiger partial charge in [0.2, 0.25) is 5.91 Å². The lowest BCUT2D eigenvalue weighted by Crippen LogP contribution is -2.24. The monoisotopic (exact) mass is 294 g/mol. The fourth-order valence-electron chi connectivity index (χ4n) is 2.33. The van der Waals surface area contributed by atoms with Crippen LogP contribution in [0.4, 0.5) is 5.69 Å². The zero-order valence-corrected chi connectivity index (χ0v) is 12.4. The molecule has 4 heteroatoms. The first-order valence-corrected chi connectivity index (χ1v) is 7.61. The highest BCUT2D eigenvalue weighted by molar-refractivity contribution is 8.01. The number of rotatable bonds is 2. The second kappa shape index (κ2) is 5.63. The topological polar surface area (TPSA) is 52.9 Å². The number of hydrogen-bond donors (Lipinski definition) is 1. The third kappa shape index (κ3) is 2.93. The molecular formula is C17H14N2OS. The van der Waals surface area contributed by atoms with Crippen molar-refractivity contribution in [2.24, 2.45) is 0 Å². The molecule has 3 rings (SSSR count). The molecule has 0 spiro atoms. The van der Waals surface area contributed by atoms with Crippen LogP contribution in [0.1, 0.15) is 16.7 Å². The van der Waals surface area contributed by atoms with E-state index in [2.05, 4.69) is 36.5 Å². The molecule has 0 saturated heterocycles. The Labute approximate surface area is 128 Å². The van der Waals surface area contributed by atoms with Gasteiger partial charge in [-0.15, -0.1) is 11.8 Å². The van der Waals surface area contributed by atoms with E-state index < -0.39 is 0 Å². The van der Waals surface area contributed by atoms with E-state index in [-0.39, 0.29) is 11.2 Å². The summed E-state index contributed by atoms with van der Waals surface area (Å²) in [7, 11) is 0. The van der Waals surface area contributed by atoms with Crippen LogP contribution in [0.3, 0.4) is 0 Å². The average Bonchev–Trinajstić information content (AvgIpc) is 2.91. The van der Waals surface area contributed by atoms with Crippen molar-refractivity contribution in [3.63, 3.8) is 0 Å². The van der Waals surface area contributed by atoms with Gasteiger partial charge in [-0.3, -0.25) is 4.79 Å². The largest absolute Gasteiger partial charge is 0.325 e. The molecule has 0 aromatic heterocycles. The van der Waals surface area contributed by atoms with Gasteiger partial charge in [0, 0.05) is 10.6 Å². The molecule has 104 valence electrons. The van der Waals surface area contributed by atoms with E-state index in [4.69, 9.17) is 5.26 Å². The Morgan fingerprint density at radius 1 is 1.29 bits per heavy atom. The summed E-state index contributed by atoms with van der Waals surface area (Å²) >= 11 is 1.62. The van der Waals surface area contributed by atoms with Crippen molar-refractivity contribution in [2.45, 2.75) is 23.5 Å². The third-order valence-electron chi connectivity index (χ3n) is 3.47. The van der Waals surface area contributed by atoms with E-state index in [0.717, 1.165) is 12.1 Å². The van der Waals surface area contributed by atoms with Crippen molar-refractivity contribution in [3.8, 4) is 6.07 Å². The molecule has 1 heterocycles. The maximum Gasteiger partial charge on any atom is 0.238 e. The number of fused-ring (bicyclic) bond motifs is 1. The van der Waals surface area contributed by atoms with Crippen LogP contribution in [0.5, 0.6) is 0 Å². The van der Waals surface area contributed by atoms with E-state index in [1.165, 1.54) is 16.0 Å². The molecule has 1 N–H and O–H groups in total. The quantitative estimate of drug-likeness (QED) is 0.922. The number of amides is 1. The highest BCUT2D eigenvalue weighted by Gasteiger charge is 2.28. The van der Waals surface area contributed by atoms with Crippen LogP contribution in [0, 0.1) is 18.3 Å². The number of anilines is 1. The molecule has 21 heavy (non-hydrogen) atoms. The number of nitriles is 1. The van der Waals surface area contributed by atoms with Gasteiger partial charge in [-0.25, -0.2) is 0 Å². The number of thioether (sulfide) groups is 1. The molecular weight excluding hydrogens is 280 g/mol. The SMILES string of the molecule is Cc1ccc2c(c1)SC(C(=O)Nc1ccc(C#N)cc1)C2. The van der Waals surface area contributed by atoms with Crippen molar-refractivity contribution in [2.75, 3.05) is 5.32 Å². The van der Waals surface area contributed by atoms with Crippen LogP contribution in [-0.4, -0.2) is 11.2 Å². The summed E-state index contributed by atoms with van der Waals surface area (Å²) in [6.45, 7) is 2.06. The van der Waals surface area contributed by atoms with Crippen molar-refractivity contribution in [1.29, 1.82) is 5.26 Å². The maximum atomic E-state index is 12.3. The van der Waals surface area contributed by atoms with E-state index in [1.807, 2.05) is 0 Å². The molecule has 1 unspecified atom stereocenters. The molecule has 1 atom stereocenters. The highest BCUT2D eigenvalue weighted by atomic mass is 32.2. The van der Waals surface area contributed by atoms with Crippen molar-refractivity contribution >= 4 is 23.4 Å². The van der Waals surface area contributed by atoms with Crippen LogP contribution in [0.15, 0.2) is 47.4 Å². The van der Waals surface area contributed by atoms with Gasteiger partial charge < -0.3 is 5.32 Å². The predicted molar refractivity (Wildman–Crippen MR) is 84.3 cm³/mol. The van der Waals surface area contributed by atoms with Crippen LogP contribution >= 0.6 is 11.8 Å². The van der Waals surface area contributed by atoms with Gasteiger partial charge in [-0.1, -0.05) is 17.7 Å². The van der Waals surface area contributed by atoms with Gasteiger partial charge in [0.05, 0.1) is 16.9 Å². The second-order valence-electron chi connectivity index (χ2n) is 5.10. The predicted octanol–water partition coefficient (Wildman–Crippen LogP) is 3.52. The molecule has 0 aliphatic carbocycles. The summed E-state index contributed by atoms with van der Waals surface area (Å²) in [5, 5.41) is 11.6. The zero-order valence-electron chi connectivity index (χ0n) is 11.6. The molecule has 3 nitrogen and oxygen atoms in total. The number of aryl methyl sites for hydroxylation is 1. The molecule has 2 aromatic rings. The standard InChI is InChI=1S/C17H14N2OS/c1-11-2-5-13-9-16(21-15(13)8-11)17(20)19-14-6-3-12(10-18)4-7-14/h2-8,16H,9H2,1H3,(H,19,20). The number of nitrogens with one attached hydrogen (secondary N) is 1. The van der Waals surface area contributed by atoms with Gasteiger partial charge >= 0.3 is 0 Å². The highest BCUT2D eigenvalue weighted by Crippen LogP contribution is 2.38. The summed E-state index contributed by atoms with van der Waals surface area (Å²) in [6, 6.07) is 15.3. The number of nitrogens with zero attached hydrogens (tertiary/aromatic N) is 1. The molecule has 0 radical (unpaired) electrons. The zero-order chi connectivity index (χ0) is 14.8. The van der Waals surface area contributed by atoms with E-state index >= 15 is 0 Å². The maximum absolute atomic E-state index is 12.3. The lowest BCUT2D eigenvalue weighted by atomic mass is 10.1. The number of benzene rings is 2. The summed E-state index contributed by atoms with van der Waals surface area (Å²) in [6.07, 6.45) is 0.766. The lowest BCUT2D eigenvalue weighted by molar-refractivity contribution is -0.115. The molecule has 1 aliphatic heterocycles. The minimum atomic E-state index is -0.0857. The number of carbonyl (C=O) groups excluding carboxylic acids is 1. The minimum Gasteiger partial charge on any atom is -0.325 e. The fourth-order valence-corrected chi connectivity index (χ4v) is 3.62. The minimum absolute atomic E-state index is 0.0126. The average molecular weight is 294 g/mol. The Kier molecular flexibility index (Phi) is 3.68. The molecule has 1 aliphatic rings. The smallest absolute Gasteiger partial charge is 0.238 e. The summed E-state index contributed by atoms with van der Waals surface area (Å²) in [4.78, 5) is 13.5. The van der Waals surface area contributed by atoms with E-state index in [9.17, 15) is 4.79 Å². The van der Waals surface area contributed by atoms with Crippen LogP contribution in [0.2, 0.25) is 0 Å². The molecule has 0 bridgehead atoms. The first kappa shape index (κ1) is 13.7. The van der Waals surface area contributed by atoms with Crippen molar-refractivity contribution in [3.05, 3.63) is 59.2 Å². The Morgan fingerprint density at radius 3 is 2.76 bits per heavy atom. The third-order valence-corrected chi connectivity index (χ3v) is 4.77. The Hall–Kier alpha value is -2.25. The van der Waals surface area contributed by atoms with Crippen LogP contribution < -0.4 is 5.32 Å². The Balaban J connectivity index is 1.68. The number of carbonyl (C=O) groups is 1. The fraction of sp³-hybridized carbons (Fsp3) is 0.176. The molecule has 0 saturated carbocycles. The van der Waals surface area contributed by atoms with Crippen LogP contribution in [-0.2, 0) is 11.2 Å². The van der Waals surface area contributed by atoms with Crippen LogP contribution in [0.25, 0.3) is 0 Å². The van der Waals surface area contributed by atoms with Gasteiger partial charge in [0.15, 0.2) is 0 Å². The van der Waals surface area contributed by atoms with E-state index in [0.29, 0.717) is 5.56 Å². The Morgan fingerprint density at radius 2 is 2.05 bits per heavy atom. The molecule has 0 fully saturated rings. The van der Waals surface area contributed by atoms with Crippen molar-refractivity contribution < 1.29 is 4.79 Å². The first-order valence-electron chi connectivity index (χ1n) is 6.73. The van der Waals surface area contributed by atoms with Crippen molar-refractivity contribution in [1.82, 2.24) is 0 Å². The van der Waals surface area contributed by atoms with Gasteiger partial charge in [-0.05, 0) is 49.2 Å². The summed E-state index contributed by atoms with van der Waals surface area (Å²) in [5.74, 6) is 0.0126. The van der Waals surface area contributed by atoms with E-state index in [1.54, 1.807) is 36.0 Å². The molecule has 2 aromatic carbocycles. The molecule has 1 amide bonds. The van der Waals surface area contributed by atoms with Gasteiger partial charge in [0.1, 0.15) is 0 Å². The Bertz CT molecular complexity index is 731. The summed E-state index contributed by atoms with van der Waals surface area (Å²) < 4.78 is 0. The number of hydrogen-bond acceptors (Lipinski definition) is 3. The summed E-state index contributed by atoms with van der Waals surface area (Å²) in [5.41, 5.74) is 3.78. The van der Waals surface area contributed by atoms with Gasteiger partial charge in [0.25, 0.3) is 0 Å². The first-order chi connectivity index (χ1) is 10.2. The normalized spacial score (nSPS) is 16.1. The van der Waals surface area contributed by atoms with Gasteiger partial charge in [-0.2, -0.15) is 5.26 Å². The second-order valence-corrected chi connectivity index (χ2v) is 6.34.